The average molecular weight is 675 g/mol. The van der Waals surface area contributed by atoms with Gasteiger partial charge in [0.1, 0.15) is 17.5 Å². The van der Waals surface area contributed by atoms with Crippen molar-refractivity contribution >= 4 is 24.0 Å². The van der Waals surface area contributed by atoms with Crippen LogP contribution in [0.15, 0.2) is 29.0 Å². The second-order valence-electron chi connectivity index (χ2n) is 12.9. The van der Waals surface area contributed by atoms with Gasteiger partial charge in [-0.2, -0.15) is 4.98 Å². The SMILES string of the molecule is CCN(C(=O)c1cnc(N2C[C@H](NC(=O)OC(C)(C)C)[C@@H](c3cc(F)c(F)cc3F)C2)nc1)C1CCN(c2nc([C@H](C)OC)no2)CC1. The third-order valence-corrected chi connectivity index (χ3v) is 8.55. The van der Waals surface area contributed by atoms with Gasteiger partial charge in [0.25, 0.3) is 5.91 Å². The summed E-state index contributed by atoms with van der Waals surface area (Å²) in [5.74, 6) is -3.75. The van der Waals surface area contributed by atoms with Crippen LogP contribution in [0.2, 0.25) is 0 Å². The molecule has 2 saturated heterocycles. The molecule has 16 heteroatoms. The Balaban J connectivity index is 1.26. The van der Waals surface area contributed by atoms with E-state index in [2.05, 4.69) is 25.4 Å². The molecule has 1 N–H and O–H groups in total. The Hall–Kier alpha value is -4.47. The molecule has 0 saturated carbocycles. The molecule has 3 aromatic rings. The summed E-state index contributed by atoms with van der Waals surface area (Å²) in [4.78, 5) is 45.0. The number of ether oxygens (including phenoxy) is 2. The maximum Gasteiger partial charge on any atom is 0.407 e. The molecule has 13 nitrogen and oxygen atoms in total. The van der Waals surface area contributed by atoms with Gasteiger partial charge in [0.2, 0.25) is 11.8 Å². The lowest BCUT2D eigenvalue weighted by Gasteiger charge is -2.37. The molecular weight excluding hydrogens is 633 g/mol. The fourth-order valence-electron chi connectivity index (χ4n) is 6.03. The zero-order valence-corrected chi connectivity index (χ0v) is 27.9. The molecule has 260 valence electrons. The Labute approximate surface area is 276 Å². The molecule has 4 heterocycles. The number of rotatable bonds is 9. The van der Waals surface area contributed by atoms with Gasteiger partial charge in [-0.25, -0.2) is 27.9 Å². The second-order valence-corrected chi connectivity index (χ2v) is 12.9. The Morgan fingerprint density at radius 1 is 1.06 bits per heavy atom. The van der Waals surface area contributed by atoms with E-state index in [1.54, 1.807) is 37.7 Å². The lowest BCUT2D eigenvalue weighted by molar-refractivity contribution is 0.0504. The van der Waals surface area contributed by atoms with Crippen molar-refractivity contribution in [1.82, 2.24) is 30.3 Å². The number of nitrogens with zero attached hydrogens (tertiary/aromatic N) is 7. The minimum absolute atomic E-state index is 0.0243. The van der Waals surface area contributed by atoms with Crippen molar-refractivity contribution in [2.24, 2.45) is 0 Å². The summed E-state index contributed by atoms with van der Waals surface area (Å²) in [7, 11) is 1.58. The van der Waals surface area contributed by atoms with Crippen LogP contribution in [0.3, 0.4) is 0 Å². The average Bonchev–Trinajstić information content (AvgIpc) is 3.70. The zero-order valence-electron chi connectivity index (χ0n) is 27.9. The summed E-state index contributed by atoms with van der Waals surface area (Å²) in [6, 6.07) is 0.945. The maximum absolute atomic E-state index is 14.9. The fourth-order valence-corrected chi connectivity index (χ4v) is 6.03. The quantitative estimate of drug-likeness (QED) is 0.319. The van der Waals surface area contributed by atoms with Crippen molar-refractivity contribution in [2.45, 2.75) is 77.2 Å². The van der Waals surface area contributed by atoms with Gasteiger partial charge < -0.3 is 34.0 Å². The van der Waals surface area contributed by atoms with Crippen molar-refractivity contribution in [3.8, 4) is 0 Å². The standard InChI is InChI=1S/C32H41F3N8O5/c1-7-43(20-8-10-41(11-9-20)30-39-27(40-48-30)18(2)46-6)28(44)19-14-36-29(37-15-19)42-16-22(21-12-24(34)25(35)13-23(21)33)26(17-42)38-31(45)47-32(3,4)5/h12-15,18,20,22,26H,7-11,16-17H2,1-6H3,(H,38,45)/t18-,22+,26-/m0/s1. The van der Waals surface area contributed by atoms with E-state index in [1.807, 2.05) is 18.7 Å². The summed E-state index contributed by atoms with van der Waals surface area (Å²) >= 11 is 0. The van der Waals surface area contributed by atoms with Gasteiger partial charge in [0.05, 0.1) is 11.6 Å². The second kappa shape index (κ2) is 14.3. The van der Waals surface area contributed by atoms with Gasteiger partial charge in [-0.3, -0.25) is 4.79 Å². The largest absolute Gasteiger partial charge is 0.444 e. The molecule has 2 aliphatic heterocycles. The number of nitrogens with one attached hydrogen (secondary N) is 1. The molecule has 0 aliphatic carbocycles. The Morgan fingerprint density at radius 3 is 2.35 bits per heavy atom. The summed E-state index contributed by atoms with van der Waals surface area (Å²) in [6.07, 6.45) is 3.22. The number of benzene rings is 1. The van der Waals surface area contributed by atoms with Crippen molar-refractivity contribution in [3.63, 3.8) is 0 Å². The predicted molar refractivity (Wildman–Crippen MR) is 168 cm³/mol. The molecule has 2 aromatic heterocycles. The van der Waals surface area contributed by atoms with E-state index in [4.69, 9.17) is 14.0 Å². The molecule has 0 unspecified atom stereocenters. The number of carbonyl (C=O) groups excluding carboxylic acids is 2. The number of halogens is 3. The molecule has 2 aliphatic rings. The van der Waals surface area contributed by atoms with E-state index in [9.17, 15) is 22.8 Å². The number of carbonyl (C=O) groups is 2. The minimum atomic E-state index is -1.31. The molecule has 1 aromatic carbocycles. The van der Waals surface area contributed by atoms with Crippen LogP contribution in [-0.2, 0) is 9.47 Å². The minimum Gasteiger partial charge on any atom is -0.444 e. The maximum atomic E-state index is 14.9. The molecular formula is C32H41F3N8O5. The van der Waals surface area contributed by atoms with Crippen LogP contribution in [0.25, 0.3) is 0 Å². The number of anilines is 2. The van der Waals surface area contributed by atoms with Crippen LogP contribution >= 0.6 is 0 Å². The van der Waals surface area contributed by atoms with E-state index in [0.29, 0.717) is 55.9 Å². The number of piperidine rings is 1. The molecule has 2 amide bonds. The number of aromatic nitrogens is 4. The first-order valence-corrected chi connectivity index (χ1v) is 15.9. The van der Waals surface area contributed by atoms with Crippen molar-refractivity contribution in [2.75, 3.05) is 49.6 Å². The van der Waals surface area contributed by atoms with E-state index in [-0.39, 0.29) is 42.7 Å². The van der Waals surface area contributed by atoms with Gasteiger partial charge in [-0.1, -0.05) is 5.16 Å². The molecule has 0 spiro atoms. The summed E-state index contributed by atoms with van der Waals surface area (Å²) in [6.45, 7) is 10.8. The summed E-state index contributed by atoms with van der Waals surface area (Å²) in [5, 5.41) is 6.72. The molecule has 5 rings (SSSR count). The smallest absolute Gasteiger partial charge is 0.407 e. The molecule has 2 fully saturated rings. The number of hydrogen-bond acceptors (Lipinski definition) is 11. The number of alkyl carbamates (subject to hydrolysis) is 1. The highest BCUT2D eigenvalue weighted by atomic mass is 19.2. The van der Waals surface area contributed by atoms with E-state index in [0.717, 1.165) is 6.07 Å². The van der Waals surface area contributed by atoms with Gasteiger partial charge in [0.15, 0.2) is 11.6 Å². The lowest BCUT2D eigenvalue weighted by Crippen LogP contribution is -2.47. The van der Waals surface area contributed by atoms with Crippen LogP contribution in [0.1, 0.15) is 81.2 Å². The van der Waals surface area contributed by atoms with Crippen LogP contribution in [0, 0.1) is 17.5 Å². The number of hydrogen-bond donors (Lipinski definition) is 1. The summed E-state index contributed by atoms with van der Waals surface area (Å²) in [5.41, 5.74) is -0.594. The number of amides is 2. The Bertz CT molecular complexity index is 1590. The molecule has 48 heavy (non-hydrogen) atoms. The highest BCUT2D eigenvalue weighted by Gasteiger charge is 2.39. The van der Waals surface area contributed by atoms with Crippen molar-refractivity contribution in [3.05, 3.63) is 58.9 Å². The lowest BCUT2D eigenvalue weighted by atomic mass is 9.93. The van der Waals surface area contributed by atoms with Gasteiger partial charge >= 0.3 is 12.1 Å². The highest BCUT2D eigenvalue weighted by Crippen LogP contribution is 2.33. The van der Waals surface area contributed by atoms with E-state index < -0.39 is 41.1 Å². The Morgan fingerprint density at radius 2 is 1.73 bits per heavy atom. The van der Waals surface area contributed by atoms with Gasteiger partial charge in [-0.15, -0.1) is 0 Å². The first-order valence-electron chi connectivity index (χ1n) is 15.9. The van der Waals surface area contributed by atoms with Crippen LogP contribution < -0.4 is 15.1 Å². The zero-order chi connectivity index (χ0) is 34.7. The third-order valence-electron chi connectivity index (χ3n) is 8.55. The van der Waals surface area contributed by atoms with Gasteiger partial charge in [0, 0.05) is 70.3 Å². The highest BCUT2D eigenvalue weighted by molar-refractivity contribution is 5.94. The first-order chi connectivity index (χ1) is 22.8. The fraction of sp³-hybridized carbons (Fsp3) is 0.562. The first kappa shape index (κ1) is 34.9. The van der Waals surface area contributed by atoms with E-state index in [1.165, 1.54) is 12.4 Å². The van der Waals surface area contributed by atoms with Crippen molar-refractivity contribution < 1.29 is 36.8 Å². The van der Waals surface area contributed by atoms with Crippen LogP contribution in [0.4, 0.5) is 29.9 Å². The molecule has 0 bridgehead atoms. The van der Waals surface area contributed by atoms with E-state index >= 15 is 0 Å². The van der Waals surface area contributed by atoms with Crippen LogP contribution in [0.5, 0.6) is 0 Å². The molecule has 3 atom stereocenters. The summed E-state index contributed by atoms with van der Waals surface area (Å²) < 4.78 is 58.9. The van der Waals surface area contributed by atoms with Crippen molar-refractivity contribution in [1.29, 1.82) is 0 Å². The van der Waals surface area contributed by atoms with Gasteiger partial charge in [-0.05, 0) is 59.1 Å². The normalized spacial score (nSPS) is 19.4. The molecule has 0 radical (unpaired) electrons. The topological polar surface area (TPSA) is 139 Å². The number of methoxy groups -OCH3 is 1. The third kappa shape index (κ3) is 7.80. The predicted octanol–water partition coefficient (Wildman–Crippen LogP) is 4.61. The van der Waals surface area contributed by atoms with Crippen LogP contribution in [-0.4, -0.2) is 94.5 Å². The Kier molecular flexibility index (Phi) is 10.4. The monoisotopic (exact) mass is 674 g/mol.